The van der Waals surface area contributed by atoms with Crippen molar-refractivity contribution in [2.75, 3.05) is 7.05 Å². The van der Waals surface area contributed by atoms with Crippen molar-refractivity contribution in [3.05, 3.63) is 78.5 Å². The van der Waals surface area contributed by atoms with Crippen LogP contribution in [0.2, 0.25) is 0 Å². The monoisotopic (exact) mass is 455 g/mol. The van der Waals surface area contributed by atoms with Gasteiger partial charge in [-0.05, 0) is 36.4 Å². The smallest absolute Gasteiger partial charge is 0.246 e. The lowest BCUT2D eigenvalue weighted by Crippen LogP contribution is -2.27. The van der Waals surface area contributed by atoms with Crippen molar-refractivity contribution >= 4 is 10.0 Å². The van der Waals surface area contributed by atoms with E-state index < -0.39 is 32.2 Å². The maximum absolute atomic E-state index is 14.3. The van der Waals surface area contributed by atoms with E-state index in [-0.39, 0.29) is 23.5 Å². The zero-order valence-electron chi connectivity index (χ0n) is 16.8. The molecule has 0 aliphatic heterocycles. The van der Waals surface area contributed by atoms with Gasteiger partial charge in [0.1, 0.15) is 27.9 Å². The van der Waals surface area contributed by atoms with E-state index in [0.717, 1.165) is 16.4 Å². The molecule has 0 aliphatic rings. The van der Waals surface area contributed by atoms with Gasteiger partial charge in [-0.25, -0.2) is 17.5 Å². The summed E-state index contributed by atoms with van der Waals surface area (Å²) in [6.45, 7) is -0.0843. The zero-order valence-corrected chi connectivity index (χ0v) is 17.6. The molecule has 0 spiro atoms. The summed E-state index contributed by atoms with van der Waals surface area (Å²) in [6.07, 6.45) is 2.86. The number of sulfonamides is 1. The van der Waals surface area contributed by atoms with E-state index in [1.54, 1.807) is 18.2 Å². The summed E-state index contributed by atoms with van der Waals surface area (Å²) in [6, 6.07) is 12.7. The Labute approximate surface area is 183 Å². The summed E-state index contributed by atoms with van der Waals surface area (Å²) in [5.41, 5.74) is 0.814. The van der Waals surface area contributed by atoms with Crippen LogP contribution in [0.4, 0.5) is 4.39 Å². The molecule has 4 aromatic rings. The molecular formula is C21H18FN5O4S. The fraction of sp³-hybridized carbons (Fsp3) is 0.0952. The van der Waals surface area contributed by atoms with Gasteiger partial charge in [0, 0.05) is 24.9 Å². The molecule has 0 atom stereocenters. The minimum Gasteiger partial charge on any atom is -0.507 e. The number of hydrogen-bond acceptors (Lipinski definition) is 7. The lowest BCUT2D eigenvalue weighted by atomic mass is 10.1. The highest BCUT2D eigenvalue weighted by Gasteiger charge is 2.27. The van der Waals surface area contributed by atoms with Crippen LogP contribution in [0.5, 0.6) is 11.5 Å². The predicted molar refractivity (Wildman–Crippen MR) is 113 cm³/mol. The van der Waals surface area contributed by atoms with E-state index in [0.29, 0.717) is 5.69 Å². The fourth-order valence-electron chi connectivity index (χ4n) is 3.19. The number of halogens is 1. The number of aromatic hydroxyl groups is 2. The maximum Gasteiger partial charge on any atom is 0.246 e. The number of phenolic OH excluding ortho intramolecular Hbond substituents is 2. The van der Waals surface area contributed by atoms with E-state index in [4.69, 9.17) is 0 Å². The van der Waals surface area contributed by atoms with Crippen LogP contribution in [0.25, 0.3) is 16.9 Å². The van der Waals surface area contributed by atoms with Gasteiger partial charge >= 0.3 is 0 Å². The Hall–Kier alpha value is -3.83. The molecule has 0 radical (unpaired) electrons. The van der Waals surface area contributed by atoms with E-state index in [2.05, 4.69) is 15.3 Å². The van der Waals surface area contributed by atoms with Crippen LogP contribution in [0.1, 0.15) is 5.69 Å². The SMILES string of the molecule is CN(Cc1cccnn1)S(=O)(=O)c1cc(-c2ccnn2-c2ccccc2F)c(O)cc1O. The first-order valence-corrected chi connectivity index (χ1v) is 10.8. The summed E-state index contributed by atoms with van der Waals surface area (Å²) in [4.78, 5) is -0.432. The van der Waals surface area contributed by atoms with Gasteiger partial charge in [-0.15, -0.1) is 0 Å². The van der Waals surface area contributed by atoms with Crippen LogP contribution in [0, 0.1) is 5.82 Å². The first kappa shape index (κ1) is 21.4. The van der Waals surface area contributed by atoms with Crippen LogP contribution >= 0.6 is 0 Å². The first-order valence-electron chi connectivity index (χ1n) is 9.37. The van der Waals surface area contributed by atoms with Gasteiger partial charge in [-0.1, -0.05) is 12.1 Å². The van der Waals surface area contributed by atoms with Crippen molar-refractivity contribution in [2.24, 2.45) is 0 Å². The lowest BCUT2D eigenvalue weighted by molar-refractivity contribution is 0.428. The molecule has 2 N–H and O–H groups in total. The Balaban J connectivity index is 1.79. The molecular weight excluding hydrogens is 437 g/mol. The van der Waals surface area contributed by atoms with E-state index in [9.17, 15) is 23.0 Å². The molecule has 0 unspecified atom stereocenters. The van der Waals surface area contributed by atoms with Gasteiger partial charge in [-0.2, -0.15) is 19.6 Å². The third-order valence-corrected chi connectivity index (χ3v) is 6.61. The molecule has 9 nitrogen and oxygen atoms in total. The molecule has 2 aromatic carbocycles. The van der Waals surface area contributed by atoms with Crippen molar-refractivity contribution < 1.29 is 23.0 Å². The Morgan fingerprint density at radius 2 is 1.81 bits per heavy atom. The van der Waals surface area contributed by atoms with Gasteiger partial charge < -0.3 is 10.2 Å². The van der Waals surface area contributed by atoms with Crippen LogP contribution in [-0.2, 0) is 16.6 Å². The van der Waals surface area contributed by atoms with Crippen LogP contribution in [0.15, 0.2) is 71.9 Å². The highest BCUT2D eigenvalue weighted by Crippen LogP contribution is 2.38. The molecule has 0 fully saturated rings. The standard InChI is InChI=1S/C21H18FN5O4S/c1-26(13-14-5-4-9-23-25-14)32(30,31)21-11-15(19(28)12-20(21)29)17-8-10-24-27(17)18-7-3-2-6-16(18)22/h2-12,28-29H,13H2,1H3. The third kappa shape index (κ3) is 3.90. The number of aromatic nitrogens is 4. The largest absolute Gasteiger partial charge is 0.507 e. The van der Waals surface area contributed by atoms with E-state index in [1.807, 2.05) is 0 Å². The second-order valence-electron chi connectivity index (χ2n) is 6.89. The summed E-state index contributed by atoms with van der Waals surface area (Å²) in [5, 5.41) is 32.5. The van der Waals surface area contributed by atoms with Gasteiger partial charge in [0.15, 0.2) is 0 Å². The molecule has 0 saturated heterocycles. The lowest BCUT2D eigenvalue weighted by Gasteiger charge is -2.19. The number of phenols is 2. The van der Waals surface area contributed by atoms with Crippen molar-refractivity contribution in [2.45, 2.75) is 11.4 Å². The summed E-state index contributed by atoms with van der Waals surface area (Å²) in [5.74, 6) is -1.57. The number of para-hydroxylation sites is 1. The Bertz CT molecular complexity index is 1380. The third-order valence-electron chi connectivity index (χ3n) is 4.78. The molecule has 2 aromatic heterocycles. The van der Waals surface area contributed by atoms with Crippen molar-refractivity contribution in [1.29, 1.82) is 0 Å². The average molecular weight is 455 g/mol. The minimum atomic E-state index is -4.18. The van der Waals surface area contributed by atoms with Crippen molar-refractivity contribution in [1.82, 2.24) is 24.3 Å². The number of hydrogen-bond donors (Lipinski definition) is 2. The molecule has 0 bridgehead atoms. The van der Waals surface area contributed by atoms with Crippen molar-refractivity contribution in [3.8, 4) is 28.4 Å². The van der Waals surface area contributed by atoms with Crippen molar-refractivity contribution in [3.63, 3.8) is 0 Å². The second-order valence-corrected chi connectivity index (χ2v) is 8.91. The van der Waals surface area contributed by atoms with Crippen LogP contribution < -0.4 is 0 Å². The number of rotatable bonds is 6. The Kier molecular flexibility index (Phi) is 5.59. The molecule has 32 heavy (non-hydrogen) atoms. The Morgan fingerprint density at radius 3 is 2.53 bits per heavy atom. The molecule has 4 rings (SSSR count). The van der Waals surface area contributed by atoms with Gasteiger partial charge in [0.2, 0.25) is 10.0 Å². The molecule has 2 heterocycles. The van der Waals surface area contributed by atoms with Crippen LogP contribution in [-0.4, -0.2) is 50.0 Å². The number of nitrogens with zero attached hydrogens (tertiary/aromatic N) is 5. The zero-order chi connectivity index (χ0) is 22.9. The molecule has 0 amide bonds. The summed E-state index contributed by atoms with van der Waals surface area (Å²) in [7, 11) is -2.85. The fourth-order valence-corrected chi connectivity index (χ4v) is 4.42. The van der Waals surface area contributed by atoms with Crippen LogP contribution in [0.3, 0.4) is 0 Å². The maximum atomic E-state index is 14.3. The highest BCUT2D eigenvalue weighted by molar-refractivity contribution is 7.89. The molecule has 0 aliphatic carbocycles. The average Bonchev–Trinajstić information content (AvgIpc) is 3.24. The minimum absolute atomic E-state index is 0.0510. The molecule has 11 heteroatoms. The molecule has 0 saturated carbocycles. The molecule has 164 valence electrons. The van der Waals surface area contributed by atoms with Gasteiger partial charge in [0.05, 0.1) is 24.1 Å². The highest BCUT2D eigenvalue weighted by atomic mass is 32.2. The normalized spacial score (nSPS) is 11.7. The Morgan fingerprint density at radius 1 is 1.03 bits per heavy atom. The second kappa shape index (κ2) is 8.36. The topological polar surface area (TPSA) is 121 Å². The quantitative estimate of drug-likeness (QED) is 0.458. The van der Waals surface area contributed by atoms with E-state index in [1.165, 1.54) is 48.4 Å². The van der Waals surface area contributed by atoms with Gasteiger partial charge in [0.25, 0.3) is 0 Å². The van der Waals surface area contributed by atoms with E-state index >= 15 is 0 Å². The van der Waals surface area contributed by atoms with Gasteiger partial charge in [-0.3, -0.25) is 0 Å². The summed E-state index contributed by atoms with van der Waals surface area (Å²) < 4.78 is 42.9. The number of benzene rings is 2. The first-order chi connectivity index (χ1) is 15.3. The summed E-state index contributed by atoms with van der Waals surface area (Å²) >= 11 is 0. The predicted octanol–water partition coefficient (Wildman–Crippen LogP) is 2.70.